The summed E-state index contributed by atoms with van der Waals surface area (Å²) in [5.41, 5.74) is 4.56. The maximum atomic E-state index is 10.2. The number of fused-ring (bicyclic) bond motifs is 1. The van der Waals surface area contributed by atoms with E-state index in [1.54, 1.807) is 15.6 Å². The Hall–Kier alpha value is -1.80. The molecule has 0 radical (unpaired) electrons. The van der Waals surface area contributed by atoms with E-state index in [1.165, 1.54) is 16.3 Å². The molecule has 1 saturated heterocycles. The van der Waals surface area contributed by atoms with Gasteiger partial charge in [0.1, 0.15) is 5.01 Å². The lowest BCUT2D eigenvalue weighted by Gasteiger charge is -2.38. The molecule has 0 spiro atoms. The lowest BCUT2D eigenvalue weighted by Crippen LogP contribution is -2.26. The van der Waals surface area contributed by atoms with Crippen molar-refractivity contribution in [3.63, 3.8) is 0 Å². The van der Waals surface area contributed by atoms with E-state index in [4.69, 9.17) is 4.98 Å². The van der Waals surface area contributed by atoms with Crippen molar-refractivity contribution >= 4 is 27.8 Å². The molecule has 27 heavy (non-hydrogen) atoms. The molecule has 2 aliphatic heterocycles. The molecule has 3 aliphatic rings. The first kappa shape index (κ1) is 17.3. The van der Waals surface area contributed by atoms with Crippen molar-refractivity contribution < 1.29 is 9.11 Å². The van der Waals surface area contributed by atoms with Crippen LogP contribution in [0.1, 0.15) is 17.0 Å². The van der Waals surface area contributed by atoms with Crippen LogP contribution >= 0.6 is 22.1 Å². The molecule has 1 aliphatic carbocycles. The summed E-state index contributed by atoms with van der Waals surface area (Å²) in [5, 5.41) is 1.07. The van der Waals surface area contributed by atoms with Crippen LogP contribution in [-0.4, -0.2) is 44.4 Å². The molecule has 0 atom stereocenters. The summed E-state index contributed by atoms with van der Waals surface area (Å²) in [6, 6.07) is 8.08. The van der Waals surface area contributed by atoms with Gasteiger partial charge in [-0.05, 0) is 42.8 Å². The Labute approximate surface area is 165 Å². The van der Waals surface area contributed by atoms with Crippen LogP contribution in [0, 0.1) is 0 Å². The molecule has 5 rings (SSSR count). The van der Waals surface area contributed by atoms with Gasteiger partial charge in [-0.2, -0.15) is 0 Å². The minimum absolute atomic E-state index is 0.470. The predicted molar refractivity (Wildman–Crippen MR) is 113 cm³/mol. The van der Waals surface area contributed by atoms with Gasteiger partial charge in [0.05, 0.1) is 17.1 Å². The maximum absolute atomic E-state index is 10.2. The Morgan fingerprint density at radius 2 is 1.81 bits per heavy atom. The Balaban J connectivity index is 1.33. The van der Waals surface area contributed by atoms with Gasteiger partial charge in [-0.3, -0.25) is 13.4 Å². The minimum atomic E-state index is -2.63. The summed E-state index contributed by atoms with van der Waals surface area (Å²) in [5.74, 6) is 0.470. The zero-order valence-electron chi connectivity index (χ0n) is 15.0. The summed E-state index contributed by atoms with van der Waals surface area (Å²) in [6.07, 6.45) is 9.31. The highest BCUT2D eigenvalue weighted by Crippen LogP contribution is 2.51. The van der Waals surface area contributed by atoms with Crippen molar-refractivity contribution in [2.45, 2.75) is 19.3 Å². The van der Waals surface area contributed by atoms with Gasteiger partial charge in [0.15, 0.2) is 0 Å². The fourth-order valence-electron chi connectivity index (χ4n) is 3.86. The number of rotatable bonds is 3. The quantitative estimate of drug-likeness (QED) is 0.791. The van der Waals surface area contributed by atoms with Crippen LogP contribution in [-0.2, 0) is 12.8 Å². The van der Waals surface area contributed by atoms with Crippen LogP contribution in [0.3, 0.4) is 0 Å². The van der Waals surface area contributed by atoms with E-state index >= 15 is 0 Å². The Morgan fingerprint density at radius 1 is 1.04 bits per heavy atom. The molecule has 0 saturated carbocycles. The van der Waals surface area contributed by atoms with Crippen LogP contribution in [0.15, 0.2) is 48.2 Å². The molecular weight excluding hydrogens is 378 g/mol. The number of hydrogen-bond acceptors (Lipinski definition) is 6. The molecule has 1 fully saturated rings. The minimum Gasteiger partial charge on any atom is -0.371 e. The molecule has 2 aromatic rings. The first-order valence-corrected chi connectivity index (χ1v) is 11.8. The molecule has 2 N–H and O–H groups in total. The fraction of sp³-hybridized carbons (Fsp3) is 0.350. The van der Waals surface area contributed by atoms with Crippen molar-refractivity contribution in [2.24, 2.45) is 0 Å². The van der Waals surface area contributed by atoms with Gasteiger partial charge in [-0.25, -0.2) is 4.98 Å². The van der Waals surface area contributed by atoms with Crippen LogP contribution < -0.4 is 4.31 Å². The van der Waals surface area contributed by atoms with Crippen molar-refractivity contribution in [1.29, 1.82) is 0 Å². The van der Waals surface area contributed by atoms with Crippen molar-refractivity contribution in [2.75, 3.05) is 29.7 Å². The second kappa shape index (κ2) is 6.67. The third-order valence-corrected chi connectivity index (χ3v) is 8.58. The van der Waals surface area contributed by atoms with E-state index < -0.39 is 10.8 Å². The molecule has 3 heterocycles. The van der Waals surface area contributed by atoms with Crippen LogP contribution in [0.5, 0.6) is 0 Å². The summed E-state index contributed by atoms with van der Waals surface area (Å²) < 4.78 is 22.1. The lowest BCUT2D eigenvalue weighted by molar-refractivity contribution is 0.369. The Morgan fingerprint density at radius 3 is 2.48 bits per heavy atom. The smallest absolute Gasteiger partial charge is 0.123 e. The molecule has 0 amide bonds. The average molecular weight is 402 g/mol. The normalized spacial score (nSPS) is 22.1. The number of hydrogen-bond donors (Lipinski definition) is 2. The summed E-state index contributed by atoms with van der Waals surface area (Å²) in [4.78, 5) is 8.76. The van der Waals surface area contributed by atoms with Crippen LogP contribution in [0.4, 0.5) is 5.69 Å². The third-order valence-electron chi connectivity index (χ3n) is 5.44. The zero-order chi connectivity index (χ0) is 18.4. The number of benzene rings is 1. The third kappa shape index (κ3) is 3.18. The largest absolute Gasteiger partial charge is 0.371 e. The highest BCUT2D eigenvalue weighted by molar-refractivity contribution is 8.25. The monoisotopic (exact) mass is 401 g/mol. The van der Waals surface area contributed by atoms with E-state index in [2.05, 4.69) is 35.3 Å². The summed E-state index contributed by atoms with van der Waals surface area (Å²) >= 11 is 1.80. The van der Waals surface area contributed by atoms with Crippen molar-refractivity contribution in [3.8, 4) is 10.6 Å². The summed E-state index contributed by atoms with van der Waals surface area (Å²) in [7, 11) is -2.63. The van der Waals surface area contributed by atoms with E-state index in [0.29, 0.717) is 12.3 Å². The lowest BCUT2D eigenvalue weighted by atomic mass is 10.2. The van der Waals surface area contributed by atoms with Gasteiger partial charge in [0.25, 0.3) is 0 Å². The van der Waals surface area contributed by atoms with E-state index in [-0.39, 0.29) is 0 Å². The Bertz CT molecular complexity index is 892. The number of aromatic nitrogens is 1. The number of allylic oxidation sites excluding steroid dienone is 3. The fourth-order valence-corrected chi connectivity index (χ4v) is 6.58. The number of anilines is 1. The summed E-state index contributed by atoms with van der Waals surface area (Å²) in [6.45, 7) is 2.78. The second-order valence-electron chi connectivity index (χ2n) is 7.17. The van der Waals surface area contributed by atoms with Crippen molar-refractivity contribution in [3.05, 3.63) is 58.8 Å². The predicted octanol–water partition coefficient (Wildman–Crippen LogP) is 4.54. The molecule has 1 aromatic heterocycles. The maximum Gasteiger partial charge on any atom is 0.123 e. The molecule has 0 bridgehead atoms. The van der Waals surface area contributed by atoms with E-state index in [9.17, 15) is 9.11 Å². The topological polar surface area (TPSA) is 59.8 Å². The van der Waals surface area contributed by atoms with Gasteiger partial charge < -0.3 is 4.90 Å². The Kier molecular flexibility index (Phi) is 4.27. The number of thiazole rings is 1. The van der Waals surface area contributed by atoms with E-state index in [0.717, 1.165) is 48.6 Å². The number of nitrogens with zero attached hydrogens (tertiary/aromatic N) is 3. The molecule has 142 valence electrons. The first-order chi connectivity index (χ1) is 13.1. The highest BCUT2D eigenvalue weighted by Gasteiger charge is 2.29. The first-order valence-electron chi connectivity index (χ1n) is 9.36. The van der Waals surface area contributed by atoms with E-state index in [1.807, 2.05) is 12.1 Å². The van der Waals surface area contributed by atoms with Gasteiger partial charge in [-0.1, -0.05) is 6.08 Å². The zero-order valence-corrected chi connectivity index (χ0v) is 16.7. The van der Waals surface area contributed by atoms with Gasteiger partial charge in [0.2, 0.25) is 0 Å². The van der Waals surface area contributed by atoms with Gasteiger partial charge in [0, 0.05) is 48.6 Å². The highest BCUT2D eigenvalue weighted by atomic mass is 32.3. The van der Waals surface area contributed by atoms with Gasteiger partial charge >= 0.3 is 0 Å². The molecule has 5 nitrogen and oxygen atoms in total. The molecule has 0 unspecified atom stereocenters. The molecular formula is C20H23N3O2S2. The second-order valence-corrected chi connectivity index (χ2v) is 10.4. The SMILES string of the molecule is OS1(O)CCCN1c1ccc(-c2nc3c(s2)CCN(C2=CC=C2)CC3)cc1. The van der Waals surface area contributed by atoms with Crippen LogP contribution in [0.25, 0.3) is 10.6 Å². The molecule has 1 aromatic carbocycles. The average Bonchev–Trinajstić information content (AvgIpc) is 3.13. The van der Waals surface area contributed by atoms with Gasteiger partial charge in [-0.15, -0.1) is 22.1 Å². The van der Waals surface area contributed by atoms with Crippen LogP contribution in [0.2, 0.25) is 0 Å². The standard InChI is InChI=1S/C20H23N3O2S2/c24-27(25)14-2-11-23(27)17-7-5-15(6-8-17)20-21-18-9-12-22(16-3-1-4-16)13-10-19(18)26-20/h1,3-8,24-25H,2,9-14H2. The van der Waals surface area contributed by atoms with Crippen molar-refractivity contribution in [1.82, 2.24) is 9.88 Å². The molecule has 7 heteroatoms.